The number of methoxy groups -OCH3 is 1. The van der Waals surface area contributed by atoms with E-state index < -0.39 is 0 Å². The summed E-state index contributed by atoms with van der Waals surface area (Å²) in [5.41, 5.74) is 2.50. The second-order valence-electron chi connectivity index (χ2n) is 7.38. The zero-order valence-corrected chi connectivity index (χ0v) is 16.8. The van der Waals surface area contributed by atoms with Gasteiger partial charge in [-0.2, -0.15) is 0 Å². The lowest BCUT2D eigenvalue weighted by atomic mass is 10.0. The number of nitrogens with one attached hydrogen (secondary N) is 2. The minimum absolute atomic E-state index is 0.0804. The van der Waals surface area contributed by atoms with Crippen LogP contribution in [-0.4, -0.2) is 34.4 Å². The molecule has 7 heteroatoms. The van der Waals surface area contributed by atoms with Crippen molar-refractivity contribution in [3.8, 4) is 5.75 Å². The van der Waals surface area contributed by atoms with Gasteiger partial charge in [-0.25, -0.2) is 4.98 Å². The van der Waals surface area contributed by atoms with Crippen LogP contribution in [0.25, 0.3) is 0 Å². The molecule has 1 fully saturated rings. The van der Waals surface area contributed by atoms with E-state index in [1.165, 1.54) is 6.07 Å². The Morgan fingerprint density at radius 1 is 1.10 bits per heavy atom. The van der Waals surface area contributed by atoms with E-state index in [0.717, 1.165) is 16.9 Å². The van der Waals surface area contributed by atoms with E-state index in [-0.39, 0.29) is 17.4 Å². The van der Waals surface area contributed by atoms with Crippen LogP contribution in [0.15, 0.2) is 65.5 Å². The van der Waals surface area contributed by atoms with Crippen LogP contribution in [0.1, 0.15) is 29.2 Å². The molecule has 1 atom stereocenters. The van der Waals surface area contributed by atoms with Crippen molar-refractivity contribution in [2.24, 2.45) is 0 Å². The Hall–Kier alpha value is -3.61. The highest BCUT2D eigenvalue weighted by Crippen LogP contribution is 2.28. The Morgan fingerprint density at radius 3 is 2.70 bits per heavy atom. The first-order valence-electron chi connectivity index (χ1n) is 9.90. The Morgan fingerprint density at radius 2 is 1.90 bits per heavy atom. The number of anilines is 1. The molecule has 1 aliphatic rings. The summed E-state index contributed by atoms with van der Waals surface area (Å²) in [6, 6.07) is 19.1. The molecule has 7 nitrogen and oxygen atoms in total. The lowest BCUT2D eigenvalue weighted by Crippen LogP contribution is -2.24. The van der Waals surface area contributed by atoms with Crippen molar-refractivity contribution in [3.05, 3.63) is 87.8 Å². The van der Waals surface area contributed by atoms with Gasteiger partial charge >= 0.3 is 0 Å². The summed E-state index contributed by atoms with van der Waals surface area (Å²) in [5, 5.41) is 3.16. The average molecular weight is 404 g/mol. The van der Waals surface area contributed by atoms with E-state index >= 15 is 0 Å². The Labute approximate surface area is 174 Å². The molecule has 2 N–H and O–H groups in total. The number of amides is 1. The summed E-state index contributed by atoms with van der Waals surface area (Å²) in [6.07, 6.45) is 0.360. The molecule has 0 saturated carbocycles. The molecule has 2 heterocycles. The maximum atomic E-state index is 12.5. The largest absolute Gasteiger partial charge is 0.497 e. The van der Waals surface area contributed by atoms with Crippen LogP contribution in [0.5, 0.6) is 5.75 Å². The number of likely N-dealkylation sites (tertiary alicyclic amines) is 1. The summed E-state index contributed by atoms with van der Waals surface area (Å²) in [7, 11) is 1.62. The van der Waals surface area contributed by atoms with Gasteiger partial charge in [0.15, 0.2) is 0 Å². The number of carbonyl (C=O) groups is 1. The van der Waals surface area contributed by atoms with E-state index in [1.54, 1.807) is 7.11 Å². The van der Waals surface area contributed by atoms with Gasteiger partial charge in [0.2, 0.25) is 11.9 Å². The molecule has 1 saturated heterocycles. The second-order valence-corrected chi connectivity index (χ2v) is 7.38. The molecule has 4 rings (SSSR count). The molecule has 0 radical (unpaired) electrons. The minimum Gasteiger partial charge on any atom is -0.497 e. The second kappa shape index (κ2) is 8.82. The minimum atomic E-state index is -0.234. The normalized spacial score (nSPS) is 16.0. The predicted molar refractivity (Wildman–Crippen MR) is 114 cm³/mol. The number of rotatable bonds is 7. The lowest BCUT2D eigenvalue weighted by Gasteiger charge is -2.17. The highest BCUT2D eigenvalue weighted by molar-refractivity contribution is 5.79. The molecule has 1 aliphatic heterocycles. The van der Waals surface area contributed by atoms with Crippen LogP contribution in [0.2, 0.25) is 0 Å². The summed E-state index contributed by atoms with van der Waals surface area (Å²) in [6.45, 7) is 1.62. The van der Waals surface area contributed by atoms with Crippen molar-refractivity contribution in [2.75, 3.05) is 19.0 Å². The molecule has 1 amide bonds. The van der Waals surface area contributed by atoms with Crippen LogP contribution in [-0.2, 0) is 17.9 Å². The average Bonchev–Trinajstić information content (AvgIpc) is 3.13. The molecule has 0 unspecified atom stereocenters. The van der Waals surface area contributed by atoms with Gasteiger partial charge < -0.3 is 15.0 Å². The molecular weight excluding hydrogens is 380 g/mol. The van der Waals surface area contributed by atoms with E-state index in [0.29, 0.717) is 37.7 Å². The van der Waals surface area contributed by atoms with Crippen molar-refractivity contribution in [1.29, 1.82) is 0 Å². The van der Waals surface area contributed by atoms with Crippen molar-refractivity contribution in [1.82, 2.24) is 14.9 Å². The fourth-order valence-corrected chi connectivity index (χ4v) is 3.66. The first-order valence-corrected chi connectivity index (χ1v) is 9.90. The smallest absolute Gasteiger partial charge is 0.252 e. The summed E-state index contributed by atoms with van der Waals surface area (Å²) in [4.78, 5) is 33.8. The lowest BCUT2D eigenvalue weighted by molar-refractivity contribution is -0.128. The highest BCUT2D eigenvalue weighted by Gasteiger charge is 2.31. The number of aromatic nitrogens is 2. The Kier molecular flexibility index (Phi) is 5.79. The molecule has 2 aromatic carbocycles. The molecule has 3 aromatic rings. The van der Waals surface area contributed by atoms with Gasteiger partial charge in [-0.3, -0.25) is 14.6 Å². The molecule has 30 heavy (non-hydrogen) atoms. The number of aromatic amines is 1. The maximum absolute atomic E-state index is 12.5. The fourth-order valence-electron chi connectivity index (χ4n) is 3.66. The number of carbonyl (C=O) groups excluding carboxylic acids is 1. The van der Waals surface area contributed by atoms with Crippen LogP contribution >= 0.6 is 0 Å². The van der Waals surface area contributed by atoms with Crippen LogP contribution in [0.3, 0.4) is 0 Å². The van der Waals surface area contributed by atoms with Gasteiger partial charge in [0.05, 0.1) is 12.8 Å². The maximum Gasteiger partial charge on any atom is 0.252 e. The van der Waals surface area contributed by atoms with E-state index in [4.69, 9.17) is 4.74 Å². The summed E-state index contributed by atoms with van der Waals surface area (Å²) >= 11 is 0. The van der Waals surface area contributed by atoms with Gasteiger partial charge in [-0.1, -0.05) is 42.5 Å². The topological polar surface area (TPSA) is 87.3 Å². The Bertz CT molecular complexity index is 1080. The Balaban J connectivity index is 1.45. The van der Waals surface area contributed by atoms with E-state index in [2.05, 4.69) is 15.3 Å². The van der Waals surface area contributed by atoms with E-state index in [9.17, 15) is 9.59 Å². The SMILES string of the molecule is COc1cccc(CNc2nc([C@@H]3CC(=O)N(Cc4ccccc4)C3)cc(=O)[nH]2)c1. The molecule has 0 bridgehead atoms. The highest BCUT2D eigenvalue weighted by atomic mass is 16.5. The third-order valence-corrected chi connectivity index (χ3v) is 5.20. The van der Waals surface area contributed by atoms with Gasteiger partial charge in [0.1, 0.15) is 5.75 Å². The van der Waals surface area contributed by atoms with Crippen molar-refractivity contribution in [2.45, 2.75) is 25.4 Å². The third-order valence-electron chi connectivity index (χ3n) is 5.20. The number of benzene rings is 2. The zero-order valence-electron chi connectivity index (χ0n) is 16.8. The monoisotopic (exact) mass is 404 g/mol. The number of ether oxygens (including phenoxy) is 1. The van der Waals surface area contributed by atoms with Gasteiger partial charge in [-0.05, 0) is 23.3 Å². The first-order chi connectivity index (χ1) is 14.6. The van der Waals surface area contributed by atoms with Gasteiger partial charge in [-0.15, -0.1) is 0 Å². The fraction of sp³-hybridized carbons (Fsp3) is 0.261. The van der Waals surface area contributed by atoms with Crippen molar-refractivity contribution in [3.63, 3.8) is 0 Å². The number of nitrogens with zero attached hydrogens (tertiary/aromatic N) is 2. The van der Waals surface area contributed by atoms with Crippen LogP contribution in [0, 0.1) is 0 Å². The zero-order chi connectivity index (χ0) is 20.9. The molecular formula is C23H24N4O3. The molecule has 0 spiro atoms. The standard InChI is InChI=1S/C23H24N4O3/c1-30-19-9-5-8-17(10-19)13-24-23-25-20(12-21(28)26-23)18-11-22(29)27(15-18)14-16-6-3-2-4-7-16/h2-10,12,18H,11,13-15H2,1H3,(H2,24,25,26,28)/t18-/m1/s1. The number of hydrogen-bond acceptors (Lipinski definition) is 5. The number of H-pyrrole nitrogens is 1. The molecule has 1 aromatic heterocycles. The first kappa shape index (κ1) is 19.7. The van der Waals surface area contributed by atoms with Gasteiger partial charge in [0.25, 0.3) is 5.56 Å². The van der Waals surface area contributed by atoms with Crippen molar-refractivity contribution < 1.29 is 9.53 Å². The summed E-state index contributed by atoms with van der Waals surface area (Å²) in [5.74, 6) is 1.15. The quantitative estimate of drug-likeness (QED) is 0.632. The molecule has 154 valence electrons. The van der Waals surface area contributed by atoms with Crippen LogP contribution < -0.4 is 15.6 Å². The molecule has 0 aliphatic carbocycles. The van der Waals surface area contributed by atoms with Crippen LogP contribution in [0.4, 0.5) is 5.95 Å². The number of hydrogen-bond donors (Lipinski definition) is 2. The van der Waals surface area contributed by atoms with Crippen molar-refractivity contribution >= 4 is 11.9 Å². The van der Waals surface area contributed by atoms with Gasteiger partial charge in [0, 0.05) is 38.0 Å². The predicted octanol–water partition coefficient (Wildman–Crippen LogP) is 2.91. The third kappa shape index (κ3) is 4.68. The van der Waals surface area contributed by atoms with E-state index in [1.807, 2.05) is 59.5 Å². The summed E-state index contributed by atoms with van der Waals surface area (Å²) < 4.78 is 5.24.